The van der Waals surface area contributed by atoms with Gasteiger partial charge < -0.3 is 5.32 Å². The van der Waals surface area contributed by atoms with Crippen LogP contribution in [0.1, 0.15) is 13.8 Å². The molecule has 11 heavy (non-hydrogen) atoms. The molecule has 0 unspecified atom stereocenters. The van der Waals surface area contributed by atoms with Gasteiger partial charge in [-0.2, -0.15) is 0 Å². The summed E-state index contributed by atoms with van der Waals surface area (Å²) < 4.78 is 0. The summed E-state index contributed by atoms with van der Waals surface area (Å²) in [5.41, 5.74) is 11.7. The van der Waals surface area contributed by atoms with Gasteiger partial charge >= 0.3 is 0 Å². The highest BCUT2D eigenvalue weighted by Crippen LogP contribution is 2.08. The summed E-state index contributed by atoms with van der Waals surface area (Å²) in [6.07, 6.45) is 0. The molecule has 1 aliphatic heterocycles. The SMILES string of the molecule is CC(C)N1CCNCC1(N)N. The van der Waals surface area contributed by atoms with Crippen LogP contribution in [0.15, 0.2) is 0 Å². The average molecular weight is 158 g/mol. The summed E-state index contributed by atoms with van der Waals surface area (Å²) in [5, 5.41) is 3.17. The first-order chi connectivity index (χ1) is 5.04. The fourth-order valence-corrected chi connectivity index (χ4v) is 1.54. The molecule has 0 aliphatic carbocycles. The molecule has 0 aromatic rings. The minimum atomic E-state index is -0.660. The summed E-state index contributed by atoms with van der Waals surface area (Å²) in [7, 11) is 0. The summed E-state index contributed by atoms with van der Waals surface area (Å²) in [6, 6.07) is 0.423. The Bertz CT molecular complexity index is 132. The molecule has 1 heterocycles. The fraction of sp³-hybridized carbons (Fsp3) is 1.00. The molecule has 0 radical (unpaired) electrons. The van der Waals surface area contributed by atoms with Gasteiger partial charge in [-0.3, -0.25) is 16.4 Å². The maximum atomic E-state index is 5.86. The highest BCUT2D eigenvalue weighted by atomic mass is 15.4. The maximum Gasteiger partial charge on any atom is 0.134 e. The molecule has 0 bridgehead atoms. The smallest absolute Gasteiger partial charge is 0.134 e. The molecular weight excluding hydrogens is 140 g/mol. The maximum absolute atomic E-state index is 5.86. The summed E-state index contributed by atoms with van der Waals surface area (Å²) in [5.74, 6) is -0.660. The molecule has 0 saturated carbocycles. The molecule has 0 aromatic heterocycles. The van der Waals surface area contributed by atoms with E-state index in [0.717, 1.165) is 13.1 Å². The first-order valence-electron chi connectivity index (χ1n) is 4.09. The third-order valence-corrected chi connectivity index (χ3v) is 2.10. The lowest BCUT2D eigenvalue weighted by atomic mass is 10.2. The Balaban J connectivity index is 2.60. The van der Waals surface area contributed by atoms with Crippen molar-refractivity contribution in [2.75, 3.05) is 19.6 Å². The number of nitrogens with two attached hydrogens (primary N) is 2. The lowest BCUT2D eigenvalue weighted by Crippen LogP contribution is -2.73. The predicted molar refractivity (Wildman–Crippen MR) is 45.8 cm³/mol. The van der Waals surface area contributed by atoms with E-state index in [1.807, 2.05) is 0 Å². The van der Waals surface area contributed by atoms with E-state index in [9.17, 15) is 0 Å². The van der Waals surface area contributed by atoms with Crippen molar-refractivity contribution in [3.63, 3.8) is 0 Å². The monoisotopic (exact) mass is 158 g/mol. The Morgan fingerprint density at radius 2 is 2.09 bits per heavy atom. The van der Waals surface area contributed by atoms with Crippen LogP contribution < -0.4 is 16.8 Å². The van der Waals surface area contributed by atoms with Crippen molar-refractivity contribution >= 4 is 0 Å². The zero-order valence-corrected chi connectivity index (χ0v) is 7.30. The first kappa shape index (κ1) is 8.93. The second-order valence-corrected chi connectivity index (χ2v) is 3.46. The molecule has 0 spiro atoms. The van der Waals surface area contributed by atoms with E-state index in [1.165, 1.54) is 0 Å². The van der Waals surface area contributed by atoms with E-state index in [2.05, 4.69) is 24.1 Å². The minimum absolute atomic E-state index is 0.423. The molecule has 0 amide bonds. The third kappa shape index (κ3) is 1.90. The molecule has 1 aliphatic rings. The normalized spacial score (nSPS) is 25.9. The van der Waals surface area contributed by atoms with Crippen LogP contribution in [0.25, 0.3) is 0 Å². The van der Waals surface area contributed by atoms with Crippen molar-refractivity contribution in [2.24, 2.45) is 11.5 Å². The van der Waals surface area contributed by atoms with E-state index in [4.69, 9.17) is 11.5 Å². The number of hydrogen-bond acceptors (Lipinski definition) is 4. The number of rotatable bonds is 1. The van der Waals surface area contributed by atoms with E-state index in [0.29, 0.717) is 12.6 Å². The molecule has 0 aromatic carbocycles. The number of nitrogens with zero attached hydrogens (tertiary/aromatic N) is 1. The highest BCUT2D eigenvalue weighted by molar-refractivity contribution is 4.87. The zero-order chi connectivity index (χ0) is 8.48. The van der Waals surface area contributed by atoms with Crippen LogP contribution in [0.2, 0.25) is 0 Å². The van der Waals surface area contributed by atoms with Gasteiger partial charge in [0.15, 0.2) is 0 Å². The summed E-state index contributed by atoms with van der Waals surface area (Å²) in [6.45, 7) is 6.81. The molecule has 0 atom stereocenters. The van der Waals surface area contributed by atoms with E-state index in [1.54, 1.807) is 0 Å². The van der Waals surface area contributed by atoms with Crippen molar-refractivity contribution in [1.82, 2.24) is 10.2 Å². The van der Waals surface area contributed by atoms with E-state index < -0.39 is 5.79 Å². The lowest BCUT2D eigenvalue weighted by Gasteiger charge is -2.44. The molecule has 1 rings (SSSR count). The quantitative estimate of drug-likeness (QED) is 0.422. The Hall–Kier alpha value is -0.160. The van der Waals surface area contributed by atoms with E-state index >= 15 is 0 Å². The van der Waals surface area contributed by atoms with E-state index in [-0.39, 0.29) is 0 Å². The second-order valence-electron chi connectivity index (χ2n) is 3.46. The van der Waals surface area contributed by atoms with Gasteiger partial charge in [-0.15, -0.1) is 0 Å². The minimum Gasteiger partial charge on any atom is -0.311 e. The molecule has 4 nitrogen and oxygen atoms in total. The van der Waals surface area contributed by atoms with Crippen LogP contribution >= 0.6 is 0 Å². The van der Waals surface area contributed by atoms with Crippen molar-refractivity contribution < 1.29 is 0 Å². The van der Waals surface area contributed by atoms with Gasteiger partial charge in [-0.05, 0) is 13.8 Å². The topological polar surface area (TPSA) is 67.3 Å². The third-order valence-electron chi connectivity index (χ3n) is 2.10. The van der Waals surface area contributed by atoms with Crippen LogP contribution in [-0.4, -0.2) is 36.4 Å². The van der Waals surface area contributed by atoms with Gasteiger partial charge in [0.1, 0.15) is 5.79 Å². The Labute approximate surface area is 67.9 Å². The van der Waals surface area contributed by atoms with Crippen LogP contribution in [0.4, 0.5) is 0 Å². The Kier molecular flexibility index (Phi) is 2.49. The molecule has 1 fully saturated rings. The van der Waals surface area contributed by atoms with Crippen LogP contribution in [0, 0.1) is 0 Å². The number of piperazine rings is 1. The summed E-state index contributed by atoms with van der Waals surface area (Å²) in [4.78, 5) is 2.11. The standard InChI is InChI=1S/C7H18N4/c1-6(2)11-4-3-10-5-7(11,8)9/h6,10H,3-5,8-9H2,1-2H3. The van der Waals surface area contributed by atoms with Gasteiger partial charge in [0, 0.05) is 25.7 Å². The van der Waals surface area contributed by atoms with Crippen molar-refractivity contribution in [3.05, 3.63) is 0 Å². The number of hydrogen-bond donors (Lipinski definition) is 3. The molecular formula is C7H18N4. The lowest BCUT2D eigenvalue weighted by molar-refractivity contribution is 0.0407. The largest absolute Gasteiger partial charge is 0.311 e. The highest BCUT2D eigenvalue weighted by Gasteiger charge is 2.32. The van der Waals surface area contributed by atoms with Gasteiger partial charge in [-0.1, -0.05) is 0 Å². The second kappa shape index (κ2) is 3.06. The predicted octanol–water partition coefficient (Wildman–Crippen LogP) is -1.13. The van der Waals surface area contributed by atoms with Gasteiger partial charge in [-0.25, -0.2) is 0 Å². The fourth-order valence-electron chi connectivity index (χ4n) is 1.54. The molecule has 1 saturated heterocycles. The van der Waals surface area contributed by atoms with Crippen molar-refractivity contribution in [3.8, 4) is 0 Å². The van der Waals surface area contributed by atoms with Gasteiger partial charge in [0.05, 0.1) is 0 Å². The van der Waals surface area contributed by atoms with Crippen LogP contribution in [-0.2, 0) is 0 Å². The Morgan fingerprint density at radius 1 is 1.45 bits per heavy atom. The molecule has 4 heteroatoms. The zero-order valence-electron chi connectivity index (χ0n) is 7.30. The Morgan fingerprint density at radius 3 is 2.45 bits per heavy atom. The van der Waals surface area contributed by atoms with Crippen molar-refractivity contribution in [2.45, 2.75) is 25.7 Å². The van der Waals surface area contributed by atoms with Crippen LogP contribution in [0.5, 0.6) is 0 Å². The number of nitrogens with one attached hydrogen (secondary N) is 1. The van der Waals surface area contributed by atoms with Crippen molar-refractivity contribution in [1.29, 1.82) is 0 Å². The van der Waals surface area contributed by atoms with Gasteiger partial charge in [0.25, 0.3) is 0 Å². The summed E-state index contributed by atoms with van der Waals surface area (Å²) >= 11 is 0. The average Bonchev–Trinajstić information content (AvgIpc) is 1.85. The molecule has 66 valence electrons. The van der Waals surface area contributed by atoms with Crippen LogP contribution in [0.3, 0.4) is 0 Å². The molecule has 5 N–H and O–H groups in total. The van der Waals surface area contributed by atoms with Gasteiger partial charge in [0.2, 0.25) is 0 Å². The first-order valence-corrected chi connectivity index (χ1v) is 4.09.